The van der Waals surface area contributed by atoms with E-state index >= 15 is 0 Å². The van der Waals surface area contributed by atoms with Crippen molar-refractivity contribution in [3.05, 3.63) is 58.9 Å². The third kappa shape index (κ3) is 3.33. The molecule has 3 heteroatoms. The molecule has 1 fully saturated rings. The Hall–Kier alpha value is -1.77. The van der Waals surface area contributed by atoms with Crippen molar-refractivity contribution in [2.24, 2.45) is 11.8 Å². The summed E-state index contributed by atoms with van der Waals surface area (Å²) in [5.74, 6) is -2.03. The van der Waals surface area contributed by atoms with Crippen LogP contribution in [0.5, 0.6) is 0 Å². The highest BCUT2D eigenvalue weighted by atomic mass is 19.2. The molecule has 0 bridgehead atoms. The van der Waals surface area contributed by atoms with E-state index in [2.05, 4.69) is 6.07 Å². The normalized spacial score (nSPS) is 21.2. The fraction of sp³-hybridized carbons (Fsp3) is 0.455. The average Bonchev–Trinajstić information content (AvgIpc) is 2.65. The SMILES string of the molecule is Fc1cc(-c2ccc3c(c2)CCC(C2CCCCC2)C3)cc(F)c1F. The standard InChI is InChI=1S/C22H23F3/c23-20-12-19(13-21(24)22(20)25)18-9-8-16-10-15(6-7-17(16)11-18)14-4-2-1-3-5-14/h8-9,11-15H,1-7,10H2. The van der Waals surface area contributed by atoms with E-state index in [0.717, 1.165) is 42.4 Å². The first kappa shape index (κ1) is 16.7. The summed E-state index contributed by atoms with van der Waals surface area (Å²) >= 11 is 0. The molecule has 0 N–H and O–H groups in total. The molecule has 0 saturated heterocycles. The minimum absolute atomic E-state index is 0.397. The van der Waals surface area contributed by atoms with E-state index in [9.17, 15) is 13.2 Å². The Morgan fingerprint density at radius 1 is 0.680 bits per heavy atom. The largest absolute Gasteiger partial charge is 0.204 e. The molecule has 2 aromatic carbocycles. The lowest BCUT2D eigenvalue weighted by Gasteiger charge is -2.34. The highest BCUT2D eigenvalue weighted by molar-refractivity contribution is 5.65. The maximum atomic E-state index is 13.5. The van der Waals surface area contributed by atoms with Gasteiger partial charge in [-0.05, 0) is 65.5 Å². The number of rotatable bonds is 2. The van der Waals surface area contributed by atoms with Gasteiger partial charge in [0, 0.05) is 0 Å². The van der Waals surface area contributed by atoms with E-state index in [-0.39, 0.29) is 0 Å². The fourth-order valence-corrected chi connectivity index (χ4v) is 4.69. The topological polar surface area (TPSA) is 0 Å². The molecule has 0 spiro atoms. The third-order valence-electron chi connectivity index (χ3n) is 6.11. The number of hydrogen-bond acceptors (Lipinski definition) is 0. The van der Waals surface area contributed by atoms with Gasteiger partial charge in [-0.15, -0.1) is 0 Å². The van der Waals surface area contributed by atoms with Gasteiger partial charge >= 0.3 is 0 Å². The van der Waals surface area contributed by atoms with Gasteiger partial charge in [0.25, 0.3) is 0 Å². The van der Waals surface area contributed by atoms with E-state index in [0.29, 0.717) is 5.56 Å². The summed E-state index contributed by atoms with van der Waals surface area (Å²) in [4.78, 5) is 0. The molecule has 25 heavy (non-hydrogen) atoms. The van der Waals surface area contributed by atoms with Gasteiger partial charge in [-0.25, -0.2) is 13.2 Å². The van der Waals surface area contributed by atoms with Crippen molar-refractivity contribution in [2.45, 2.75) is 51.4 Å². The Bertz CT molecular complexity index is 752. The van der Waals surface area contributed by atoms with Gasteiger partial charge < -0.3 is 0 Å². The number of halogens is 3. The Kier molecular flexibility index (Phi) is 4.58. The van der Waals surface area contributed by atoms with Crippen LogP contribution in [0.1, 0.15) is 49.7 Å². The van der Waals surface area contributed by atoms with Crippen molar-refractivity contribution in [2.75, 3.05) is 0 Å². The second-order valence-corrected chi connectivity index (χ2v) is 7.64. The van der Waals surface area contributed by atoms with E-state index < -0.39 is 17.5 Å². The van der Waals surface area contributed by atoms with E-state index in [4.69, 9.17) is 0 Å². The smallest absolute Gasteiger partial charge is 0.194 e. The zero-order chi connectivity index (χ0) is 17.4. The molecule has 0 amide bonds. The Morgan fingerprint density at radius 2 is 1.40 bits per heavy atom. The van der Waals surface area contributed by atoms with Crippen LogP contribution < -0.4 is 0 Å². The molecule has 2 aliphatic rings. The first-order valence-corrected chi connectivity index (χ1v) is 9.38. The summed E-state index contributed by atoms with van der Waals surface area (Å²) in [6, 6.07) is 8.19. The monoisotopic (exact) mass is 344 g/mol. The molecule has 4 rings (SSSR count). The summed E-state index contributed by atoms with van der Waals surface area (Å²) in [7, 11) is 0. The third-order valence-corrected chi connectivity index (χ3v) is 6.11. The first-order valence-electron chi connectivity index (χ1n) is 9.38. The fourth-order valence-electron chi connectivity index (χ4n) is 4.69. The minimum Gasteiger partial charge on any atom is -0.204 e. The molecule has 1 unspecified atom stereocenters. The van der Waals surface area contributed by atoms with Crippen LogP contribution in [0, 0.1) is 29.3 Å². The predicted molar refractivity (Wildman–Crippen MR) is 93.8 cm³/mol. The molecular weight excluding hydrogens is 321 g/mol. The maximum Gasteiger partial charge on any atom is 0.194 e. The Balaban J connectivity index is 1.57. The lowest BCUT2D eigenvalue weighted by atomic mass is 9.71. The highest BCUT2D eigenvalue weighted by Gasteiger charge is 2.27. The van der Waals surface area contributed by atoms with E-state index in [1.54, 1.807) is 0 Å². The molecule has 0 heterocycles. The molecule has 1 saturated carbocycles. The van der Waals surface area contributed by atoms with Crippen LogP contribution in [-0.2, 0) is 12.8 Å². The number of fused-ring (bicyclic) bond motifs is 1. The van der Waals surface area contributed by atoms with Crippen molar-refractivity contribution in [1.29, 1.82) is 0 Å². The molecule has 0 radical (unpaired) electrons. The highest BCUT2D eigenvalue weighted by Crippen LogP contribution is 2.38. The second kappa shape index (κ2) is 6.86. The molecule has 0 nitrogen and oxygen atoms in total. The van der Waals surface area contributed by atoms with Gasteiger partial charge in [0.1, 0.15) is 0 Å². The van der Waals surface area contributed by atoms with Crippen molar-refractivity contribution in [3.8, 4) is 11.1 Å². The zero-order valence-electron chi connectivity index (χ0n) is 14.3. The summed E-state index contributed by atoms with van der Waals surface area (Å²) in [6.07, 6.45) is 10.2. The maximum absolute atomic E-state index is 13.5. The van der Waals surface area contributed by atoms with Gasteiger partial charge in [-0.3, -0.25) is 0 Å². The minimum atomic E-state index is -1.41. The molecule has 2 aromatic rings. The lowest BCUT2D eigenvalue weighted by Crippen LogP contribution is -2.24. The van der Waals surface area contributed by atoms with Crippen molar-refractivity contribution < 1.29 is 13.2 Å². The van der Waals surface area contributed by atoms with Crippen molar-refractivity contribution in [1.82, 2.24) is 0 Å². The van der Waals surface area contributed by atoms with E-state index in [1.165, 1.54) is 49.7 Å². The van der Waals surface area contributed by atoms with Crippen LogP contribution in [0.25, 0.3) is 11.1 Å². The number of benzene rings is 2. The molecular formula is C22H23F3. The van der Waals surface area contributed by atoms with Crippen LogP contribution in [0.4, 0.5) is 13.2 Å². The lowest BCUT2D eigenvalue weighted by molar-refractivity contribution is 0.228. The van der Waals surface area contributed by atoms with Gasteiger partial charge in [-0.1, -0.05) is 50.3 Å². The Labute approximate surface area is 147 Å². The second-order valence-electron chi connectivity index (χ2n) is 7.64. The van der Waals surface area contributed by atoms with Gasteiger partial charge in [0.15, 0.2) is 17.5 Å². The summed E-state index contributed by atoms with van der Waals surface area (Å²) in [5, 5.41) is 0. The summed E-state index contributed by atoms with van der Waals surface area (Å²) in [6.45, 7) is 0. The summed E-state index contributed by atoms with van der Waals surface area (Å²) in [5.41, 5.74) is 3.80. The van der Waals surface area contributed by atoms with Crippen molar-refractivity contribution in [3.63, 3.8) is 0 Å². The van der Waals surface area contributed by atoms with Crippen LogP contribution in [0.2, 0.25) is 0 Å². The van der Waals surface area contributed by atoms with Gasteiger partial charge in [0.2, 0.25) is 0 Å². The Morgan fingerprint density at radius 3 is 2.12 bits per heavy atom. The van der Waals surface area contributed by atoms with Crippen LogP contribution in [-0.4, -0.2) is 0 Å². The molecule has 132 valence electrons. The molecule has 0 aliphatic heterocycles. The zero-order valence-corrected chi connectivity index (χ0v) is 14.3. The van der Waals surface area contributed by atoms with Crippen LogP contribution in [0.15, 0.2) is 30.3 Å². The predicted octanol–water partition coefficient (Wildman–Crippen LogP) is 6.46. The quantitative estimate of drug-likeness (QED) is 0.549. The van der Waals surface area contributed by atoms with Crippen molar-refractivity contribution >= 4 is 0 Å². The van der Waals surface area contributed by atoms with Gasteiger partial charge in [0.05, 0.1) is 0 Å². The first-order chi connectivity index (χ1) is 12.1. The van der Waals surface area contributed by atoms with Gasteiger partial charge in [-0.2, -0.15) is 0 Å². The molecule has 0 aromatic heterocycles. The van der Waals surface area contributed by atoms with Crippen LogP contribution in [0.3, 0.4) is 0 Å². The molecule has 2 aliphatic carbocycles. The average molecular weight is 344 g/mol. The van der Waals surface area contributed by atoms with Crippen LogP contribution >= 0.6 is 0 Å². The molecule has 1 atom stereocenters. The van der Waals surface area contributed by atoms with E-state index in [1.807, 2.05) is 12.1 Å². The summed E-state index contributed by atoms with van der Waals surface area (Å²) < 4.78 is 40.2. The number of hydrogen-bond donors (Lipinski definition) is 0. The number of aryl methyl sites for hydroxylation is 1.